The maximum atomic E-state index is 11.1. The summed E-state index contributed by atoms with van der Waals surface area (Å²) in [6, 6.07) is 2.93. The van der Waals surface area contributed by atoms with Crippen LogP contribution in [0, 0.1) is 0 Å². The molecule has 0 aliphatic carbocycles. The van der Waals surface area contributed by atoms with Gasteiger partial charge in [-0.15, -0.1) is 0 Å². The van der Waals surface area contributed by atoms with Gasteiger partial charge in [-0.2, -0.15) is 4.57 Å². The summed E-state index contributed by atoms with van der Waals surface area (Å²) in [6.45, 7) is -0.727. The fourth-order valence-electron chi connectivity index (χ4n) is 2.07. The monoisotopic (exact) mass is 333 g/mol. The number of phosphoric acid groups is 1. The second-order valence-corrected chi connectivity index (χ2v) is 5.85. The van der Waals surface area contributed by atoms with E-state index in [2.05, 4.69) is 4.52 Å². The molecule has 4 unspecified atom stereocenters. The summed E-state index contributed by atoms with van der Waals surface area (Å²) in [5.74, 6) is -0.694. The molecule has 122 valence electrons. The molecule has 0 radical (unpaired) electrons. The van der Waals surface area contributed by atoms with Crippen molar-refractivity contribution in [2.24, 2.45) is 5.73 Å². The molecule has 4 N–H and O–H groups in total. The number of pyridine rings is 1. The summed E-state index contributed by atoms with van der Waals surface area (Å²) in [4.78, 5) is 32.0. The summed E-state index contributed by atoms with van der Waals surface area (Å²) >= 11 is 0. The first-order chi connectivity index (χ1) is 10.2. The third-order valence-electron chi connectivity index (χ3n) is 3.13. The van der Waals surface area contributed by atoms with E-state index in [1.807, 2.05) is 0 Å². The predicted octanol–water partition coefficient (Wildman–Crippen LogP) is -3.46. The molecule has 2 heterocycles. The van der Waals surface area contributed by atoms with Crippen LogP contribution in [0.1, 0.15) is 16.6 Å². The summed E-state index contributed by atoms with van der Waals surface area (Å²) in [5, 5.41) is 19.8. The van der Waals surface area contributed by atoms with Gasteiger partial charge in [0.05, 0.1) is 14.4 Å². The minimum atomic E-state index is -5.22. The quantitative estimate of drug-likeness (QED) is 0.369. The number of nitrogens with zero attached hydrogens (tertiary/aromatic N) is 1. The number of amides is 1. The van der Waals surface area contributed by atoms with E-state index < -0.39 is 44.9 Å². The van der Waals surface area contributed by atoms with Crippen molar-refractivity contribution in [3.05, 3.63) is 30.1 Å². The molecule has 11 heteroatoms. The fourth-order valence-corrected chi connectivity index (χ4v) is 2.40. The summed E-state index contributed by atoms with van der Waals surface area (Å²) < 4.78 is 21.1. The average molecular weight is 333 g/mol. The van der Waals surface area contributed by atoms with Crippen molar-refractivity contribution >= 4 is 13.7 Å². The Morgan fingerprint density at radius 1 is 1.45 bits per heavy atom. The van der Waals surface area contributed by atoms with Gasteiger partial charge in [0, 0.05) is 6.07 Å². The number of rotatable bonds is 5. The van der Waals surface area contributed by atoms with Crippen LogP contribution >= 0.6 is 7.82 Å². The molecule has 0 spiro atoms. The maximum Gasteiger partial charge on any atom is 0.292 e. The van der Waals surface area contributed by atoms with Crippen LogP contribution in [-0.2, 0) is 13.8 Å². The zero-order valence-electron chi connectivity index (χ0n) is 11.1. The highest BCUT2D eigenvalue weighted by atomic mass is 31.2. The molecule has 1 amide bonds. The summed E-state index contributed by atoms with van der Waals surface area (Å²) in [7, 11) is -5.22. The van der Waals surface area contributed by atoms with Crippen molar-refractivity contribution in [3.63, 3.8) is 0 Å². The molecule has 22 heavy (non-hydrogen) atoms. The standard InChI is InChI=1S/C11H15N2O8P/c12-10(16)6-2-1-3-13(4-6)11-9(15)8(14)7(21-11)5-20-22(17,18)19/h1-4,7-9,11,14-15H,5H2,(H3-,12,16,17,18,19)/p-1. The Morgan fingerprint density at radius 3 is 2.73 bits per heavy atom. The Bertz CT molecular complexity index is 606. The first-order valence-corrected chi connectivity index (χ1v) is 7.64. The molecule has 1 aromatic heterocycles. The normalized spacial score (nSPS) is 28.7. The van der Waals surface area contributed by atoms with Gasteiger partial charge in [-0.05, 0) is 6.07 Å². The van der Waals surface area contributed by atoms with Crippen LogP contribution in [0.15, 0.2) is 24.5 Å². The summed E-state index contributed by atoms with van der Waals surface area (Å²) in [6.07, 6.45) is -2.44. The third-order valence-corrected chi connectivity index (χ3v) is 3.60. The third kappa shape index (κ3) is 3.87. The first kappa shape index (κ1) is 17.0. The highest BCUT2D eigenvalue weighted by Gasteiger charge is 2.48. The van der Waals surface area contributed by atoms with Crippen molar-refractivity contribution in [1.82, 2.24) is 0 Å². The van der Waals surface area contributed by atoms with Gasteiger partial charge < -0.3 is 39.6 Å². The van der Waals surface area contributed by atoms with E-state index in [1.54, 1.807) is 0 Å². The smallest absolute Gasteiger partial charge is 0.292 e. The molecular weight excluding hydrogens is 319 g/mol. The second kappa shape index (κ2) is 6.39. The minimum absolute atomic E-state index is 0.149. The average Bonchev–Trinajstić information content (AvgIpc) is 2.72. The number of hydrogen-bond donors (Lipinski definition) is 3. The number of aliphatic hydroxyl groups excluding tert-OH is 2. The van der Waals surface area contributed by atoms with Crippen LogP contribution < -0.4 is 20.1 Å². The van der Waals surface area contributed by atoms with E-state index >= 15 is 0 Å². The number of hydrogen-bond acceptors (Lipinski definition) is 8. The number of phosphoric ester groups is 1. The van der Waals surface area contributed by atoms with Crippen LogP contribution in [0.5, 0.6) is 0 Å². The highest BCUT2D eigenvalue weighted by Crippen LogP contribution is 2.30. The molecule has 2 rings (SSSR count). The van der Waals surface area contributed by atoms with Gasteiger partial charge in [0.1, 0.15) is 17.8 Å². The molecule has 1 aromatic rings. The van der Waals surface area contributed by atoms with Crippen LogP contribution in [0.3, 0.4) is 0 Å². The van der Waals surface area contributed by atoms with Crippen molar-refractivity contribution < 1.29 is 43.2 Å². The van der Waals surface area contributed by atoms with E-state index in [1.165, 1.54) is 29.1 Å². The van der Waals surface area contributed by atoms with Gasteiger partial charge in [0.2, 0.25) is 0 Å². The Morgan fingerprint density at radius 2 is 2.14 bits per heavy atom. The Kier molecular flexibility index (Phi) is 4.93. The number of aliphatic hydroxyl groups is 2. The van der Waals surface area contributed by atoms with Crippen molar-refractivity contribution in [3.8, 4) is 0 Å². The van der Waals surface area contributed by atoms with Crippen molar-refractivity contribution in [2.75, 3.05) is 6.61 Å². The van der Waals surface area contributed by atoms with Crippen molar-refractivity contribution in [2.45, 2.75) is 24.5 Å². The summed E-state index contributed by atoms with van der Waals surface area (Å²) in [5.41, 5.74) is 5.29. The number of carbonyl (C=O) groups excluding carboxylic acids is 1. The van der Waals surface area contributed by atoms with Gasteiger partial charge >= 0.3 is 0 Å². The lowest BCUT2D eigenvalue weighted by Crippen LogP contribution is -2.46. The lowest BCUT2D eigenvalue weighted by Gasteiger charge is -2.30. The number of nitrogens with two attached hydrogens (primary N) is 1. The number of ether oxygens (including phenoxy) is 1. The molecule has 1 aliphatic heterocycles. The van der Waals surface area contributed by atoms with E-state index in [0.29, 0.717) is 0 Å². The molecule has 0 saturated carbocycles. The Labute approximate surface area is 124 Å². The molecular formula is C11H14N2O8P-. The molecule has 0 aromatic carbocycles. The number of primary amides is 1. The molecule has 1 saturated heterocycles. The van der Waals surface area contributed by atoms with E-state index in [-0.39, 0.29) is 5.56 Å². The van der Waals surface area contributed by atoms with Gasteiger partial charge in [0.25, 0.3) is 12.1 Å². The van der Waals surface area contributed by atoms with Gasteiger partial charge in [-0.3, -0.25) is 4.79 Å². The highest BCUT2D eigenvalue weighted by molar-refractivity contribution is 7.43. The molecule has 1 aliphatic rings. The predicted molar refractivity (Wildman–Crippen MR) is 64.6 cm³/mol. The maximum absolute atomic E-state index is 11.1. The SMILES string of the molecule is NC(=O)c1ccc[n+](C2OC(COP(=O)([O-])[O-])C(O)C2O)c1. The Balaban J connectivity index is 2.14. The van der Waals surface area contributed by atoms with Crippen LogP contribution in [-0.4, -0.2) is 41.0 Å². The lowest BCUT2D eigenvalue weighted by atomic mass is 10.1. The first-order valence-electron chi connectivity index (χ1n) is 6.18. The number of aromatic nitrogens is 1. The fraction of sp³-hybridized carbons (Fsp3) is 0.455. The molecule has 10 nitrogen and oxygen atoms in total. The zero-order chi connectivity index (χ0) is 16.5. The van der Waals surface area contributed by atoms with Gasteiger partial charge in [-0.1, -0.05) is 0 Å². The molecule has 4 atom stereocenters. The topological polar surface area (TPSA) is 169 Å². The van der Waals surface area contributed by atoms with Crippen LogP contribution in [0.25, 0.3) is 0 Å². The van der Waals surface area contributed by atoms with Crippen molar-refractivity contribution in [1.29, 1.82) is 0 Å². The molecule has 0 bridgehead atoms. The number of carbonyl (C=O) groups is 1. The lowest BCUT2D eigenvalue weighted by molar-refractivity contribution is -0.765. The van der Waals surface area contributed by atoms with Gasteiger partial charge in [-0.25, -0.2) is 0 Å². The van der Waals surface area contributed by atoms with Gasteiger partial charge in [0.15, 0.2) is 18.5 Å². The van der Waals surface area contributed by atoms with E-state index in [0.717, 1.165) is 0 Å². The Hall–Kier alpha value is -1.39. The largest absolute Gasteiger partial charge is 0.790 e. The zero-order valence-corrected chi connectivity index (χ0v) is 12.0. The van der Waals surface area contributed by atoms with E-state index in [9.17, 15) is 29.4 Å². The minimum Gasteiger partial charge on any atom is -0.790 e. The van der Waals surface area contributed by atoms with Crippen LogP contribution in [0.2, 0.25) is 0 Å². The van der Waals surface area contributed by atoms with Crippen LogP contribution in [0.4, 0.5) is 0 Å². The van der Waals surface area contributed by atoms with E-state index in [4.69, 9.17) is 10.5 Å². The molecule has 1 fully saturated rings. The second-order valence-electron chi connectivity index (χ2n) is 4.69.